The lowest BCUT2D eigenvalue weighted by Crippen LogP contribution is -2.35. The van der Waals surface area contributed by atoms with Crippen molar-refractivity contribution in [3.8, 4) is 0 Å². The minimum atomic E-state index is -3.57. The van der Waals surface area contributed by atoms with Gasteiger partial charge >= 0.3 is 0 Å². The first-order valence-corrected chi connectivity index (χ1v) is 11.0. The molecule has 0 aromatic heterocycles. The quantitative estimate of drug-likeness (QED) is 0.411. The maximum atomic E-state index is 12.6. The van der Waals surface area contributed by atoms with Gasteiger partial charge in [0.1, 0.15) is 0 Å². The number of non-ortho nitro benzene ring substituents is 1. The van der Waals surface area contributed by atoms with Gasteiger partial charge in [-0.05, 0) is 43.2 Å². The summed E-state index contributed by atoms with van der Waals surface area (Å²) in [6, 6.07) is 9.45. The molecule has 1 amide bonds. The fraction of sp³-hybridized carbons (Fsp3) is 0.263. The first-order valence-electron chi connectivity index (χ1n) is 9.16. The van der Waals surface area contributed by atoms with Gasteiger partial charge in [-0.1, -0.05) is 18.0 Å². The number of nitro benzene ring substituents is 1. The van der Waals surface area contributed by atoms with Crippen LogP contribution in [0.15, 0.2) is 52.5 Å². The summed E-state index contributed by atoms with van der Waals surface area (Å²) in [4.78, 5) is 22.6. The van der Waals surface area contributed by atoms with Gasteiger partial charge in [-0.25, -0.2) is 13.8 Å². The number of hydrogen-bond donors (Lipinski definition) is 1. The zero-order chi connectivity index (χ0) is 21.7. The molecule has 1 saturated heterocycles. The van der Waals surface area contributed by atoms with Crippen LogP contribution in [0.1, 0.15) is 35.2 Å². The van der Waals surface area contributed by atoms with Gasteiger partial charge in [0.05, 0.1) is 16.0 Å². The Morgan fingerprint density at radius 3 is 2.43 bits per heavy atom. The Kier molecular flexibility index (Phi) is 6.80. The van der Waals surface area contributed by atoms with Crippen LogP contribution in [0, 0.1) is 10.1 Å². The molecule has 11 heteroatoms. The molecule has 0 atom stereocenters. The summed E-state index contributed by atoms with van der Waals surface area (Å²) >= 11 is 5.97. The predicted octanol–water partition coefficient (Wildman–Crippen LogP) is 3.19. The number of halogens is 1. The van der Waals surface area contributed by atoms with Crippen molar-refractivity contribution in [3.05, 3.63) is 68.7 Å². The van der Waals surface area contributed by atoms with Gasteiger partial charge in [0.25, 0.3) is 11.6 Å². The third-order valence-electron chi connectivity index (χ3n) is 4.63. The van der Waals surface area contributed by atoms with Crippen molar-refractivity contribution in [2.75, 3.05) is 13.1 Å². The Hall–Kier alpha value is -2.82. The van der Waals surface area contributed by atoms with Crippen LogP contribution in [-0.4, -0.2) is 42.9 Å². The van der Waals surface area contributed by atoms with Crippen LogP contribution in [0.4, 0.5) is 5.69 Å². The standard InChI is InChI=1S/C19H19ClN4O5S/c20-18-9-6-16(24(26)27)12-15(18)13-21-22-19(25)14-4-7-17(8-5-14)30(28,29)23-10-2-1-3-11-23/h4-9,12-13H,1-3,10-11H2,(H,22,25)/b21-13-. The van der Waals surface area contributed by atoms with Crippen molar-refractivity contribution in [2.24, 2.45) is 5.10 Å². The van der Waals surface area contributed by atoms with Gasteiger partial charge in [0, 0.05) is 41.4 Å². The van der Waals surface area contributed by atoms with Crippen molar-refractivity contribution in [2.45, 2.75) is 24.2 Å². The van der Waals surface area contributed by atoms with E-state index < -0.39 is 20.9 Å². The van der Waals surface area contributed by atoms with Crippen molar-refractivity contribution in [1.82, 2.24) is 9.73 Å². The second kappa shape index (κ2) is 9.33. The largest absolute Gasteiger partial charge is 0.271 e. The molecule has 0 aliphatic carbocycles. The van der Waals surface area contributed by atoms with Gasteiger partial charge in [-0.3, -0.25) is 14.9 Å². The van der Waals surface area contributed by atoms with Crippen molar-refractivity contribution >= 4 is 39.4 Å². The average molecular weight is 451 g/mol. The van der Waals surface area contributed by atoms with Crippen molar-refractivity contribution in [3.63, 3.8) is 0 Å². The third-order valence-corrected chi connectivity index (χ3v) is 6.89. The molecule has 1 N–H and O–H groups in total. The fourth-order valence-electron chi connectivity index (χ4n) is 3.00. The number of hydrazone groups is 1. The van der Waals surface area contributed by atoms with E-state index in [9.17, 15) is 23.3 Å². The van der Waals surface area contributed by atoms with Gasteiger partial charge in [-0.2, -0.15) is 9.41 Å². The van der Waals surface area contributed by atoms with E-state index in [-0.39, 0.29) is 26.7 Å². The monoisotopic (exact) mass is 450 g/mol. The minimum Gasteiger partial charge on any atom is -0.267 e. The molecular formula is C19H19ClN4O5S. The van der Waals surface area contributed by atoms with E-state index in [2.05, 4.69) is 10.5 Å². The van der Waals surface area contributed by atoms with E-state index in [1.807, 2.05) is 0 Å². The molecule has 1 heterocycles. The smallest absolute Gasteiger partial charge is 0.267 e. The number of carbonyl (C=O) groups is 1. The topological polar surface area (TPSA) is 122 Å². The summed E-state index contributed by atoms with van der Waals surface area (Å²) in [6.07, 6.45) is 3.90. The summed E-state index contributed by atoms with van der Waals surface area (Å²) in [5.74, 6) is -0.560. The Morgan fingerprint density at radius 2 is 1.80 bits per heavy atom. The molecule has 9 nitrogen and oxygen atoms in total. The first-order chi connectivity index (χ1) is 14.3. The molecule has 1 aliphatic heterocycles. The molecule has 0 radical (unpaired) electrons. The number of nitrogens with one attached hydrogen (secondary N) is 1. The van der Waals surface area contributed by atoms with Gasteiger partial charge < -0.3 is 0 Å². The first kappa shape index (κ1) is 21.9. The number of piperidine rings is 1. The molecule has 0 spiro atoms. The minimum absolute atomic E-state index is 0.132. The highest BCUT2D eigenvalue weighted by Gasteiger charge is 2.25. The van der Waals surface area contributed by atoms with Gasteiger partial charge in [-0.15, -0.1) is 0 Å². The van der Waals surface area contributed by atoms with Crippen LogP contribution >= 0.6 is 11.6 Å². The Balaban J connectivity index is 1.67. The summed E-state index contributed by atoms with van der Waals surface area (Å²) in [5.41, 5.74) is 2.62. The molecule has 0 bridgehead atoms. The van der Waals surface area contributed by atoms with Gasteiger partial charge in [0.15, 0.2) is 0 Å². The van der Waals surface area contributed by atoms with E-state index in [0.717, 1.165) is 19.3 Å². The molecule has 2 aromatic rings. The summed E-state index contributed by atoms with van der Waals surface area (Å²) in [6.45, 7) is 0.999. The maximum absolute atomic E-state index is 12.6. The van der Waals surface area contributed by atoms with Crippen LogP contribution in [0.25, 0.3) is 0 Å². The second-order valence-corrected chi connectivity index (χ2v) is 9.00. The number of benzene rings is 2. The van der Waals surface area contributed by atoms with E-state index in [0.29, 0.717) is 13.1 Å². The molecule has 0 saturated carbocycles. The molecule has 3 rings (SSSR count). The zero-order valence-corrected chi connectivity index (χ0v) is 17.4. The zero-order valence-electron chi connectivity index (χ0n) is 15.8. The van der Waals surface area contributed by atoms with Crippen LogP contribution < -0.4 is 5.43 Å². The number of nitrogens with zero attached hydrogens (tertiary/aromatic N) is 3. The Morgan fingerprint density at radius 1 is 1.13 bits per heavy atom. The molecule has 1 fully saturated rings. The lowest BCUT2D eigenvalue weighted by molar-refractivity contribution is -0.384. The number of hydrogen-bond acceptors (Lipinski definition) is 6. The molecule has 0 unspecified atom stereocenters. The maximum Gasteiger partial charge on any atom is 0.271 e. The van der Waals surface area contributed by atoms with Crippen LogP contribution in [0.3, 0.4) is 0 Å². The molecule has 158 valence electrons. The normalized spacial score (nSPS) is 15.2. The van der Waals surface area contributed by atoms with Crippen molar-refractivity contribution in [1.29, 1.82) is 0 Å². The number of rotatable bonds is 6. The number of sulfonamides is 1. The Labute approximate surface area is 178 Å². The Bertz CT molecular complexity index is 1080. The average Bonchev–Trinajstić information content (AvgIpc) is 2.75. The number of amides is 1. The highest BCUT2D eigenvalue weighted by molar-refractivity contribution is 7.89. The molecule has 2 aromatic carbocycles. The van der Waals surface area contributed by atoms with E-state index in [4.69, 9.17) is 11.6 Å². The molecule has 30 heavy (non-hydrogen) atoms. The molecular weight excluding hydrogens is 432 g/mol. The van der Waals surface area contributed by atoms with Crippen molar-refractivity contribution < 1.29 is 18.1 Å². The summed E-state index contributed by atoms with van der Waals surface area (Å²) in [5, 5.41) is 14.8. The second-order valence-electron chi connectivity index (χ2n) is 6.65. The van der Waals surface area contributed by atoms with Crippen LogP contribution in [0.5, 0.6) is 0 Å². The fourth-order valence-corrected chi connectivity index (χ4v) is 4.68. The van der Waals surface area contributed by atoms with E-state index >= 15 is 0 Å². The third kappa shape index (κ3) is 5.02. The van der Waals surface area contributed by atoms with Crippen LogP contribution in [-0.2, 0) is 10.0 Å². The summed E-state index contributed by atoms with van der Waals surface area (Å²) in [7, 11) is -3.57. The summed E-state index contributed by atoms with van der Waals surface area (Å²) < 4.78 is 26.7. The lowest BCUT2D eigenvalue weighted by atomic mass is 10.2. The van der Waals surface area contributed by atoms with Crippen LogP contribution in [0.2, 0.25) is 5.02 Å². The SMILES string of the molecule is O=C(N/N=C\c1cc([N+](=O)[O-])ccc1Cl)c1ccc(S(=O)(=O)N2CCCCC2)cc1. The highest BCUT2D eigenvalue weighted by atomic mass is 35.5. The van der Waals surface area contributed by atoms with E-state index in [1.54, 1.807) is 0 Å². The highest BCUT2D eigenvalue weighted by Crippen LogP contribution is 2.22. The van der Waals surface area contributed by atoms with E-state index in [1.165, 1.54) is 53.0 Å². The molecule has 1 aliphatic rings. The number of nitro groups is 1. The van der Waals surface area contributed by atoms with Gasteiger partial charge in [0.2, 0.25) is 10.0 Å². The lowest BCUT2D eigenvalue weighted by Gasteiger charge is -2.25. The number of carbonyl (C=O) groups excluding carboxylic acids is 1. The predicted molar refractivity (Wildman–Crippen MR) is 112 cm³/mol.